The molecule has 0 saturated carbocycles. The topological polar surface area (TPSA) is 62.8 Å². The van der Waals surface area contributed by atoms with E-state index < -0.39 is 0 Å². The molecule has 0 saturated heterocycles. The normalized spacial score (nSPS) is 12.4. The fourth-order valence-electron chi connectivity index (χ4n) is 1.69. The van der Waals surface area contributed by atoms with Crippen LogP contribution in [0.2, 0.25) is 0 Å². The van der Waals surface area contributed by atoms with Gasteiger partial charge in [-0.05, 0) is 32.5 Å². The molecule has 2 N–H and O–H groups in total. The maximum Gasteiger partial charge on any atom is 0.238 e. The molecular weight excluding hydrogens is 228 g/mol. The Labute approximate surface area is 107 Å². The predicted molar refractivity (Wildman–Crippen MR) is 69.7 cm³/mol. The molecule has 1 atom stereocenters. The van der Waals surface area contributed by atoms with Gasteiger partial charge >= 0.3 is 0 Å². The minimum absolute atomic E-state index is 0.247. The third-order valence-electron chi connectivity index (χ3n) is 2.62. The summed E-state index contributed by atoms with van der Waals surface area (Å²) in [7, 11) is 0. The van der Waals surface area contributed by atoms with Crippen LogP contribution in [0.25, 0.3) is 0 Å². The third-order valence-corrected chi connectivity index (χ3v) is 2.62. The Hall–Kier alpha value is -1.88. The molecule has 0 aliphatic heterocycles. The molecule has 5 heteroatoms. The molecule has 2 heterocycles. The van der Waals surface area contributed by atoms with Crippen LogP contribution in [0.4, 0.5) is 0 Å². The summed E-state index contributed by atoms with van der Waals surface area (Å²) in [6.45, 7) is 7.02. The highest BCUT2D eigenvalue weighted by Crippen LogP contribution is 2.20. The molecule has 1 unspecified atom stereocenters. The van der Waals surface area contributed by atoms with Gasteiger partial charge in [0.05, 0.1) is 11.9 Å². The number of hydrogen-bond acceptors (Lipinski definition) is 4. The highest BCUT2D eigenvalue weighted by molar-refractivity contribution is 5.26. The van der Waals surface area contributed by atoms with Crippen LogP contribution in [0.15, 0.2) is 24.4 Å². The number of hydrogen-bond donors (Lipinski definition) is 2. The van der Waals surface area contributed by atoms with Crippen LogP contribution in [0, 0.1) is 6.92 Å². The van der Waals surface area contributed by atoms with E-state index in [0.717, 1.165) is 17.9 Å². The fraction of sp³-hybridized carbons (Fsp3) is 0.385. The van der Waals surface area contributed by atoms with Crippen molar-refractivity contribution in [1.82, 2.24) is 20.5 Å². The van der Waals surface area contributed by atoms with Crippen molar-refractivity contribution in [2.75, 3.05) is 6.54 Å². The first-order chi connectivity index (χ1) is 8.69. The SMILES string of the molecule is CCNC(C)c1ccc(Oc2cc(C)[nH]n2)cn1. The van der Waals surface area contributed by atoms with Crippen molar-refractivity contribution in [3.05, 3.63) is 35.8 Å². The number of pyridine rings is 1. The molecule has 0 aliphatic carbocycles. The molecule has 0 fully saturated rings. The lowest BCUT2D eigenvalue weighted by atomic mass is 10.2. The van der Waals surface area contributed by atoms with Crippen molar-refractivity contribution in [1.29, 1.82) is 0 Å². The highest BCUT2D eigenvalue weighted by Gasteiger charge is 2.06. The van der Waals surface area contributed by atoms with Gasteiger partial charge in [-0.25, -0.2) is 0 Å². The second kappa shape index (κ2) is 5.64. The molecule has 0 radical (unpaired) electrons. The van der Waals surface area contributed by atoms with Gasteiger partial charge in [0.25, 0.3) is 0 Å². The van der Waals surface area contributed by atoms with E-state index in [2.05, 4.69) is 34.3 Å². The summed E-state index contributed by atoms with van der Waals surface area (Å²) in [6, 6.07) is 5.95. The summed E-state index contributed by atoms with van der Waals surface area (Å²) in [6.07, 6.45) is 1.72. The summed E-state index contributed by atoms with van der Waals surface area (Å²) >= 11 is 0. The Kier molecular flexibility index (Phi) is 3.94. The van der Waals surface area contributed by atoms with Crippen LogP contribution in [0.3, 0.4) is 0 Å². The monoisotopic (exact) mass is 246 g/mol. The Morgan fingerprint density at radius 3 is 2.83 bits per heavy atom. The fourth-order valence-corrected chi connectivity index (χ4v) is 1.69. The number of rotatable bonds is 5. The van der Waals surface area contributed by atoms with Crippen LogP contribution in [0.1, 0.15) is 31.3 Å². The number of aromatic nitrogens is 3. The van der Waals surface area contributed by atoms with Gasteiger partial charge in [0.1, 0.15) is 5.75 Å². The van der Waals surface area contributed by atoms with Crippen molar-refractivity contribution in [2.45, 2.75) is 26.8 Å². The smallest absolute Gasteiger partial charge is 0.238 e. The second-order valence-corrected chi connectivity index (χ2v) is 4.19. The molecule has 18 heavy (non-hydrogen) atoms. The second-order valence-electron chi connectivity index (χ2n) is 4.19. The van der Waals surface area contributed by atoms with E-state index in [1.807, 2.05) is 25.1 Å². The lowest BCUT2D eigenvalue weighted by Gasteiger charge is -2.11. The average Bonchev–Trinajstić information content (AvgIpc) is 2.76. The van der Waals surface area contributed by atoms with Crippen molar-refractivity contribution in [2.24, 2.45) is 0 Å². The molecule has 2 aromatic rings. The summed E-state index contributed by atoms with van der Waals surface area (Å²) in [5, 5.41) is 10.2. The molecule has 96 valence electrons. The molecule has 0 aromatic carbocycles. The van der Waals surface area contributed by atoms with E-state index in [-0.39, 0.29) is 6.04 Å². The first-order valence-electron chi connectivity index (χ1n) is 6.08. The van der Waals surface area contributed by atoms with Crippen LogP contribution in [0.5, 0.6) is 11.6 Å². The third kappa shape index (κ3) is 3.07. The molecule has 2 aromatic heterocycles. The minimum Gasteiger partial charge on any atom is -0.436 e. The maximum absolute atomic E-state index is 5.57. The van der Waals surface area contributed by atoms with Crippen LogP contribution in [-0.2, 0) is 0 Å². The number of aromatic amines is 1. The number of H-pyrrole nitrogens is 1. The minimum atomic E-state index is 0.247. The summed E-state index contributed by atoms with van der Waals surface area (Å²) < 4.78 is 5.57. The van der Waals surface area contributed by atoms with Gasteiger partial charge in [-0.15, -0.1) is 5.10 Å². The number of ether oxygens (including phenoxy) is 1. The van der Waals surface area contributed by atoms with Gasteiger partial charge in [-0.3, -0.25) is 10.1 Å². The van der Waals surface area contributed by atoms with Crippen LogP contribution in [-0.4, -0.2) is 21.7 Å². The van der Waals surface area contributed by atoms with Gasteiger partial charge in [-0.2, -0.15) is 0 Å². The maximum atomic E-state index is 5.57. The number of nitrogens with one attached hydrogen (secondary N) is 2. The Balaban J connectivity index is 2.03. The Morgan fingerprint density at radius 1 is 1.44 bits per heavy atom. The highest BCUT2D eigenvalue weighted by atomic mass is 16.5. The van der Waals surface area contributed by atoms with Crippen molar-refractivity contribution < 1.29 is 4.74 Å². The molecule has 0 amide bonds. The van der Waals surface area contributed by atoms with Crippen molar-refractivity contribution >= 4 is 0 Å². The van der Waals surface area contributed by atoms with Gasteiger partial charge in [0.2, 0.25) is 5.88 Å². The molecule has 2 rings (SSSR count). The lowest BCUT2D eigenvalue weighted by molar-refractivity contribution is 0.458. The quantitative estimate of drug-likeness (QED) is 0.851. The van der Waals surface area contributed by atoms with Crippen LogP contribution >= 0.6 is 0 Å². The number of aryl methyl sites for hydroxylation is 1. The first-order valence-corrected chi connectivity index (χ1v) is 6.08. The summed E-state index contributed by atoms with van der Waals surface area (Å²) in [5.41, 5.74) is 1.97. The molecule has 0 aliphatic rings. The van der Waals surface area contributed by atoms with Gasteiger partial charge < -0.3 is 10.1 Å². The van der Waals surface area contributed by atoms with Crippen LogP contribution < -0.4 is 10.1 Å². The summed E-state index contributed by atoms with van der Waals surface area (Å²) in [4.78, 5) is 4.37. The molecule has 5 nitrogen and oxygen atoms in total. The van der Waals surface area contributed by atoms with Crippen molar-refractivity contribution in [3.8, 4) is 11.6 Å². The number of nitrogens with zero attached hydrogens (tertiary/aromatic N) is 2. The zero-order valence-corrected chi connectivity index (χ0v) is 10.9. The van der Waals surface area contributed by atoms with E-state index in [1.54, 1.807) is 6.20 Å². The van der Waals surface area contributed by atoms with E-state index in [1.165, 1.54) is 0 Å². The zero-order valence-electron chi connectivity index (χ0n) is 10.9. The van der Waals surface area contributed by atoms with E-state index in [9.17, 15) is 0 Å². The molecular formula is C13H18N4O. The standard InChI is InChI=1S/C13H18N4O/c1-4-14-10(3)12-6-5-11(8-15-12)18-13-7-9(2)16-17-13/h5-8,10,14H,4H2,1-3H3,(H,16,17). The average molecular weight is 246 g/mol. The Morgan fingerprint density at radius 2 is 2.28 bits per heavy atom. The van der Waals surface area contributed by atoms with E-state index in [4.69, 9.17) is 4.74 Å². The molecule has 0 bridgehead atoms. The largest absolute Gasteiger partial charge is 0.436 e. The van der Waals surface area contributed by atoms with Gasteiger partial charge in [-0.1, -0.05) is 6.92 Å². The lowest BCUT2D eigenvalue weighted by Crippen LogP contribution is -2.18. The van der Waals surface area contributed by atoms with E-state index in [0.29, 0.717) is 11.6 Å². The van der Waals surface area contributed by atoms with Gasteiger partial charge in [0.15, 0.2) is 0 Å². The zero-order chi connectivity index (χ0) is 13.0. The van der Waals surface area contributed by atoms with Crippen molar-refractivity contribution in [3.63, 3.8) is 0 Å². The van der Waals surface area contributed by atoms with Gasteiger partial charge in [0, 0.05) is 17.8 Å². The molecule has 0 spiro atoms. The first kappa shape index (κ1) is 12.6. The van der Waals surface area contributed by atoms with E-state index >= 15 is 0 Å². The Bertz CT molecular complexity index is 492. The predicted octanol–water partition coefficient (Wildman–Crippen LogP) is 2.58. The summed E-state index contributed by atoms with van der Waals surface area (Å²) in [5.74, 6) is 1.25.